The minimum absolute atomic E-state index is 0. The fourth-order valence-electron chi connectivity index (χ4n) is 4.32. The lowest BCUT2D eigenvalue weighted by Gasteiger charge is -2.22. The molecule has 2 fully saturated rings. The van der Waals surface area contributed by atoms with Gasteiger partial charge in [-0.2, -0.15) is 0 Å². The van der Waals surface area contributed by atoms with Gasteiger partial charge in [0, 0.05) is 51.7 Å². The first kappa shape index (κ1) is 23.6. The summed E-state index contributed by atoms with van der Waals surface area (Å²) in [4.78, 5) is 13.8. The van der Waals surface area contributed by atoms with Gasteiger partial charge in [-0.25, -0.2) is 4.98 Å². The molecule has 4 rings (SSSR count). The highest BCUT2D eigenvalue weighted by atomic mass is 127. The van der Waals surface area contributed by atoms with Gasteiger partial charge >= 0.3 is 0 Å². The van der Waals surface area contributed by atoms with Gasteiger partial charge < -0.3 is 20.4 Å². The molecule has 1 atom stereocenters. The molecule has 1 aromatic heterocycles. The summed E-state index contributed by atoms with van der Waals surface area (Å²) < 4.78 is 0. The van der Waals surface area contributed by atoms with Crippen LogP contribution in [0.4, 0.5) is 11.5 Å². The lowest BCUT2D eigenvalue weighted by Crippen LogP contribution is -2.38. The minimum Gasteiger partial charge on any atom is -0.372 e. The Hall–Kier alpha value is -2.03. The van der Waals surface area contributed by atoms with Crippen molar-refractivity contribution in [1.82, 2.24) is 15.6 Å². The van der Waals surface area contributed by atoms with Crippen LogP contribution in [0.1, 0.15) is 49.8 Å². The van der Waals surface area contributed by atoms with E-state index in [9.17, 15) is 0 Å². The average Bonchev–Trinajstić information content (AvgIpc) is 3.51. The smallest absolute Gasteiger partial charge is 0.191 e. The zero-order valence-corrected chi connectivity index (χ0v) is 21.0. The monoisotopic (exact) mass is 534 g/mol. The van der Waals surface area contributed by atoms with Crippen molar-refractivity contribution in [2.75, 3.05) is 43.0 Å². The van der Waals surface area contributed by atoms with E-state index >= 15 is 0 Å². The van der Waals surface area contributed by atoms with E-state index in [1.165, 1.54) is 55.6 Å². The molecule has 0 radical (unpaired) electrons. The van der Waals surface area contributed by atoms with Crippen molar-refractivity contribution in [3.8, 4) is 0 Å². The van der Waals surface area contributed by atoms with Gasteiger partial charge in [0.1, 0.15) is 5.82 Å². The molecule has 168 valence electrons. The molecule has 2 N–H and O–H groups in total. The third-order valence-electron chi connectivity index (χ3n) is 6.12. The van der Waals surface area contributed by atoms with Crippen LogP contribution in [0.25, 0.3) is 0 Å². The molecule has 3 heterocycles. The molecule has 0 aliphatic carbocycles. The molecule has 0 saturated carbocycles. The van der Waals surface area contributed by atoms with Gasteiger partial charge in [-0.1, -0.05) is 12.1 Å². The van der Waals surface area contributed by atoms with E-state index in [0.29, 0.717) is 0 Å². The summed E-state index contributed by atoms with van der Waals surface area (Å²) in [5.41, 5.74) is 3.83. The Kier molecular flexibility index (Phi) is 8.80. The highest BCUT2D eigenvalue weighted by Crippen LogP contribution is 2.24. The van der Waals surface area contributed by atoms with E-state index in [1.807, 2.05) is 13.2 Å². The van der Waals surface area contributed by atoms with Crippen molar-refractivity contribution >= 4 is 41.4 Å². The predicted octanol–water partition coefficient (Wildman–Crippen LogP) is 4.33. The molecular formula is C24H35IN6. The maximum atomic E-state index is 4.55. The van der Waals surface area contributed by atoms with E-state index < -0.39 is 0 Å². The van der Waals surface area contributed by atoms with Crippen LogP contribution in [0.15, 0.2) is 47.6 Å². The molecule has 1 aromatic carbocycles. The zero-order valence-electron chi connectivity index (χ0n) is 18.7. The van der Waals surface area contributed by atoms with E-state index in [0.717, 1.165) is 31.4 Å². The number of anilines is 2. The number of aromatic nitrogens is 1. The second-order valence-corrected chi connectivity index (χ2v) is 8.30. The summed E-state index contributed by atoms with van der Waals surface area (Å²) in [5, 5.41) is 6.99. The topological polar surface area (TPSA) is 55.8 Å². The Bertz CT molecular complexity index is 859. The van der Waals surface area contributed by atoms with Crippen LogP contribution < -0.4 is 20.4 Å². The van der Waals surface area contributed by atoms with Gasteiger partial charge in [-0.15, -0.1) is 24.0 Å². The molecule has 0 amide bonds. The molecule has 6 nitrogen and oxygen atoms in total. The maximum Gasteiger partial charge on any atom is 0.191 e. The fourth-order valence-corrected chi connectivity index (χ4v) is 4.32. The largest absolute Gasteiger partial charge is 0.372 e. The first-order valence-electron chi connectivity index (χ1n) is 11.2. The fraction of sp³-hybridized carbons (Fsp3) is 0.500. The highest BCUT2D eigenvalue weighted by Gasteiger charge is 2.15. The normalized spacial score (nSPS) is 17.4. The van der Waals surface area contributed by atoms with Gasteiger partial charge in [0.15, 0.2) is 5.96 Å². The summed E-state index contributed by atoms with van der Waals surface area (Å²) in [5.74, 6) is 1.90. The van der Waals surface area contributed by atoms with Crippen molar-refractivity contribution in [2.45, 2.75) is 45.2 Å². The summed E-state index contributed by atoms with van der Waals surface area (Å²) in [6.45, 7) is 7.47. The Labute approximate surface area is 203 Å². The maximum absolute atomic E-state index is 4.55. The first-order chi connectivity index (χ1) is 14.7. The number of pyridine rings is 1. The van der Waals surface area contributed by atoms with Crippen molar-refractivity contribution < 1.29 is 0 Å². The van der Waals surface area contributed by atoms with Gasteiger partial charge in [0.25, 0.3) is 0 Å². The number of benzene rings is 1. The first-order valence-corrected chi connectivity index (χ1v) is 11.2. The van der Waals surface area contributed by atoms with Crippen molar-refractivity contribution in [3.05, 3.63) is 53.7 Å². The van der Waals surface area contributed by atoms with E-state index in [4.69, 9.17) is 0 Å². The molecule has 7 heteroatoms. The highest BCUT2D eigenvalue weighted by molar-refractivity contribution is 14.0. The molecule has 2 aliphatic rings. The Morgan fingerprint density at radius 3 is 2.45 bits per heavy atom. The third kappa shape index (κ3) is 6.24. The minimum atomic E-state index is 0. The number of hydrogen-bond donors (Lipinski definition) is 2. The quantitative estimate of drug-likeness (QED) is 0.329. The van der Waals surface area contributed by atoms with Gasteiger partial charge in [0.05, 0.1) is 6.04 Å². The molecule has 31 heavy (non-hydrogen) atoms. The van der Waals surface area contributed by atoms with Gasteiger partial charge in [-0.05, 0) is 68.0 Å². The zero-order chi connectivity index (χ0) is 20.8. The second-order valence-electron chi connectivity index (χ2n) is 8.30. The number of halogens is 1. The summed E-state index contributed by atoms with van der Waals surface area (Å²) in [6.07, 6.45) is 7.02. The third-order valence-corrected chi connectivity index (χ3v) is 6.12. The predicted molar refractivity (Wildman–Crippen MR) is 141 cm³/mol. The average molecular weight is 534 g/mol. The molecule has 0 spiro atoms. The molecule has 2 aliphatic heterocycles. The van der Waals surface area contributed by atoms with Crippen LogP contribution in [-0.4, -0.2) is 44.2 Å². The number of aliphatic imine (C=N–C) groups is 1. The van der Waals surface area contributed by atoms with Gasteiger partial charge in [0.2, 0.25) is 0 Å². The molecule has 2 saturated heterocycles. The van der Waals surface area contributed by atoms with Crippen LogP contribution in [0.5, 0.6) is 0 Å². The number of rotatable bonds is 6. The standard InChI is InChI=1S/C24H34N6.HI/c1-19(21-8-7-9-22(17-21)29-12-3-4-13-29)28-24(25-2)27-18-20-10-11-26-23(16-20)30-14-5-6-15-30;/h7-11,16-17,19H,3-6,12-15,18H2,1-2H3,(H2,25,27,28);1H. The van der Waals surface area contributed by atoms with Gasteiger partial charge in [-0.3, -0.25) is 4.99 Å². The van der Waals surface area contributed by atoms with Crippen molar-refractivity contribution in [2.24, 2.45) is 4.99 Å². The summed E-state index contributed by atoms with van der Waals surface area (Å²) >= 11 is 0. The Morgan fingerprint density at radius 1 is 1.03 bits per heavy atom. The number of hydrogen-bond acceptors (Lipinski definition) is 4. The number of nitrogens with one attached hydrogen (secondary N) is 2. The van der Waals surface area contributed by atoms with E-state index in [2.05, 4.69) is 73.7 Å². The number of nitrogens with zero attached hydrogens (tertiary/aromatic N) is 4. The lowest BCUT2D eigenvalue weighted by atomic mass is 10.1. The Balaban J connectivity index is 0.00000272. The summed E-state index contributed by atoms with van der Waals surface area (Å²) in [7, 11) is 1.82. The van der Waals surface area contributed by atoms with Crippen LogP contribution >= 0.6 is 24.0 Å². The van der Waals surface area contributed by atoms with Crippen LogP contribution in [0.3, 0.4) is 0 Å². The Morgan fingerprint density at radius 2 is 1.74 bits per heavy atom. The van der Waals surface area contributed by atoms with E-state index in [1.54, 1.807) is 0 Å². The SMILES string of the molecule is CN=C(NCc1ccnc(N2CCCC2)c1)NC(C)c1cccc(N2CCCC2)c1.I. The molecular weight excluding hydrogens is 499 g/mol. The number of guanidine groups is 1. The molecule has 1 unspecified atom stereocenters. The van der Waals surface area contributed by atoms with E-state index in [-0.39, 0.29) is 30.0 Å². The second kappa shape index (κ2) is 11.5. The molecule has 0 bridgehead atoms. The van der Waals surface area contributed by atoms with Crippen molar-refractivity contribution in [1.29, 1.82) is 0 Å². The summed E-state index contributed by atoms with van der Waals surface area (Å²) in [6, 6.07) is 13.3. The lowest BCUT2D eigenvalue weighted by molar-refractivity contribution is 0.685. The van der Waals surface area contributed by atoms with Crippen LogP contribution in [0.2, 0.25) is 0 Å². The van der Waals surface area contributed by atoms with Crippen LogP contribution in [-0.2, 0) is 6.54 Å². The van der Waals surface area contributed by atoms with Crippen LogP contribution in [0, 0.1) is 0 Å². The van der Waals surface area contributed by atoms with Crippen molar-refractivity contribution in [3.63, 3.8) is 0 Å². The molecule has 2 aromatic rings.